The number of rotatable bonds is 4. The monoisotopic (exact) mass is 313 g/mol. The lowest BCUT2D eigenvalue weighted by Gasteiger charge is -2.33. The van der Waals surface area contributed by atoms with Crippen LogP contribution in [0.2, 0.25) is 0 Å². The van der Waals surface area contributed by atoms with E-state index < -0.39 is 22.0 Å². The van der Waals surface area contributed by atoms with Gasteiger partial charge in [0.05, 0.1) is 12.0 Å². The average molecular weight is 313 g/mol. The molecule has 8 heteroatoms. The number of primary amides is 1. The van der Waals surface area contributed by atoms with Gasteiger partial charge in [0.15, 0.2) is 0 Å². The summed E-state index contributed by atoms with van der Waals surface area (Å²) in [7, 11) is -2.24. The summed E-state index contributed by atoms with van der Waals surface area (Å²) in [4.78, 5) is 11.6. The highest BCUT2D eigenvalue weighted by Crippen LogP contribution is 2.25. The standard InChI is InChI=1S/C13H19N3O4S/c1-9-7-10(3-4-12(9)20-2)21(18,19)16-6-5-15-8-11(16)13(14)17/h3-4,7,11,15H,5-6,8H2,1-2H3,(H2,14,17). The summed E-state index contributed by atoms with van der Waals surface area (Å²) in [5, 5.41) is 2.97. The molecular formula is C13H19N3O4S. The molecular weight excluding hydrogens is 294 g/mol. The van der Waals surface area contributed by atoms with Crippen LogP contribution in [0, 0.1) is 6.92 Å². The summed E-state index contributed by atoms with van der Waals surface area (Å²) in [6.07, 6.45) is 0. The van der Waals surface area contributed by atoms with Crippen LogP contribution in [0.1, 0.15) is 5.56 Å². The molecule has 1 aliphatic heterocycles. The Bertz CT molecular complexity index is 645. The van der Waals surface area contributed by atoms with E-state index in [1.165, 1.54) is 19.2 Å². The average Bonchev–Trinajstić information content (AvgIpc) is 2.47. The largest absolute Gasteiger partial charge is 0.496 e. The van der Waals surface area contributed by atoms with Crippen molar-refractivity contribution in [2.75, 3.05) is 26.7 Å². The van der Waals surface area contributed by atoms with E-state index in [0.717, 1.165) is 4.31 Å². The van der Waals surface area contributed by atoms with Crippen LogP contribution in [0.25, 0.3) is 0 Å². The van der Waals surface area contributed by atoms with Gasteiger partial charge in [-0.2, -0.15) is 4.31 Å². The molecule has 1 amide bonds. The molecule has 1 aliphatic rings. The maximum atomic E-state index is 12.7. The van der Waals surface area contributed by atoms with Crippen LogP contribution < -0.4 is 15.8 Å². The fourth-order valence-corrected chi connectivity index (χ4v) is 4.04. The minimum atomic E-state index is -3.77. The number of hydrogen-bond donors (Lipinski definition) is 2. The lowest BCUT2D eigenvalue weighted by atomic mass is 10.2. The minimum absolute atomic E-state index is 0.133. The zero-order valence-corrected chi connectivity index (χ0v) is 12.8. The number of hydrogen-bond acceptors (Lipinski definition) is 5. The normalized spacial score (nSPS) is 20.2. The second kappa shape index (κ2) is 6.00. The molecule has 0 bridgehead atoms. The lowest BCUT2D eigenvalue weighted by molar-refractivity contribution is -0.122. The van der Waals surface area contributed by atoms with E-state index in [2.05, 4.69) is 5.32 Å². The molecule has 1 unspecified atom stereocenters. The van der Waals surface area contributed by atoms with Gasteiger partial charge in [0, 0.05) is 19.6 Å². The van der Waals surface area contributed by atoms with Gasteiger partial charge in [-0.25, -0.2) is 8.42 Å². The summed E-state index contributed by atoms with van der Waals surface area (Å²) in [6.45, 7) is 2.68. The van der Waals surface area contributed by atoms with Crippen molar-refractivity contribution in [3.63, 3.8) is 0 Å². The second-order valence-electron chi connectivity index (χ2n) is 4.87. The SMILES string of the molecule is COc1ccc(S(=O)(=O)N2CCNCC2C(N)=O)cc1C. The van der Waals surface area contributed by atoms with Crippen LogP contribution in [0.5, 0.6) is 5.75 Å². The van der Waals surface area contributed by atoms with Crippen LogP contribution in [-0.2, 0) is 14.8 Å². The molecule has 1 atom stereocenters. The Morgan fingerprint density at radius 1 is 1.48 bits per heavy atom. The van der Waals surface area contributed by atoms with E-state index in [4.69, 9.17) is 10.5 Å². The van der Waals surface area contributed by atoms with Gasteiger partial charge < -0.3 is 15.8 Å². The molecule has 0 spiro atoms. The second-order valence-corrected chi connectivity index (χ2v) is 6.76. The fourth-order valence-electron chi connectivity index (χ4n) is 2.36. The third-order valence-electron chi connectivity index (χ3n) is 3.50. The molecule has 7 nitrogen and oxygen atoms in total. The summed E-state index contributed by atoms with van der Waals surface area (Å²) >= 11 is 0. The van der Waals surface area contributed by atoms with Gasteiger partial charge in [0.2, 0.25) is 15.9 Å². The van der Waals surface area contributed by atoms with Crippen molar-refractivity contribution >= 4 is 15.9 Å². The summed E-state index contributed by atoms with van der Waals surface area (Å²) in [6, 6.07) is 3.74. The van der Waals surface area contributed by atoms with Crippen LogP contribution in [0.3, 0.4) is 0 Å². The van der Waals surface area contributed by atoms with Crippen molar-refractivity contribution in [3.05, 3.63) is 23.8 Å². The van der Waals surface area contributed by atoms with Crippen molar-refractivity contribution in [1.29, 1.82) is 0 Å². The third kappa shape index (κ3) is 3.02. The number of amides is 1. The van der Waals surface area contributed by atoms with Gasteiger partial charge in [0.1, 0.15) is 11.8 Å². The molecule has 0 aromatic heterocycles. The number of nitrogens with two attached hydrogens (primary N) is 1. The van der Waals surface area contributed by atoms with E-state index >= 15 is 0 Å². The molecule has 116 valence electrons. The predicted octanol–water partition coefficient (Wildman–Crippen LogP) is -0.549. The molecule has 1 fully saturated rings. The van der Waals surface area contributed by atoms with Crippen LogP contribution in [0.15, 0.2) is 23.1 Å². The quantitative estimate of drug-likeness (QED) is 0.777. The number of sulfonamides is 1. The van der Waals surface area contributed by atoms with E-state index in [1.807, 2.05) is 0 Å². The Labute approximate surface area is 124 Å². The molecule has 0 aliphatic carbocycles. The van der Waals surface area contributed by atoms with Crippen molar-refractivity contribution in [3.8, 4) is 5.75 Å². The first-order valence-corrected chi connectivity index (χ1v) is 7.98. The van der Waals surface area contributed by atoms with Crippen molar-refractivity contribution in [2.45, 2.75) is 17.9 Å². The zero-order chi connectivity index (χ0) is 15.6. The first-order valence-electron chi connectivity index (χ1n) is 6.54. The smallest absolute Gasteiger partial charge is 0.243 e. The summed E-state index contributed by atoms with van der Waals surface area (Å²) < 4.78 is 31.7. The maximum Gasteiger partial charge on any atom is 0.243 e. The number of benzene rings is 1. The topological polar surface area (TPSA) is 102 Å². The highest BCUT2D eigenvalue weighted by Gasteiger charge is 2.36. The van der Waals surface area contributed by atoms with Crippen LogP contribution in [-0.4, -0.2) is 51.4 Å². The van der Waals surface area contributed by atoms with Crippen molar-refractivity contribution in [2.24, 2.45) is 5.73 Å². The molecule has 3 N–H and O–H groups in total. The van der Waals surface area contributed by atoms with Crippen molar-refractivity contribution in [1.82, 2.24) is 9.62 Å². The highest BCUT2D eigenvalue weighted by atomic mass is 32.2. The Hall–Kier alpha value is -1.64. The number of carbonyl (C=O) groups is 1. The number of piperazine rings is 1. The Kier molecular flexibility index (Phi) is 4.50. The zero-order valence-electron chi connectivity index (χ0n) is 12.0. The van der Waals surface area contributed by atoms with Gasteiger partial charge >= 0.3 is 0 Å². The van der Waals surface area contributed by atoms with E-state index in [1.54, 1.807) is 13.0 Å². The summed E-state index contributed by atoms with van der Waals surface area (Å²) in [5.41, 5.74) is 6.02. The number of methoxy groups -OCH3 is 1. The number of carbonyl (C=O) groups excluding carboxylic acids is 1. The minimum Gasteiger partial charge on any atom is -0.496 e. The van der Waals surface area contributed by atoms with E-state index in [-0.39, 0.29) is 18.0 Å². The Balaban J connectivity index is 2.40. The van der Waals surface area contributed by atoms with Gasteiger partial charge in [-0.05, 0) is 30.7 Å². The van der Waals surface area contributed by atoms with Gasteiger partial charge in [-0.15, -0.1) is 0 Å². The first kappa shape index (κ1) is 15.7. The number of ether oxygens (including phenoxy) is 1. The number of aryl methyl sites for hydroxylation is 1. The van der Waals surface area contributed by atoms with Gasteiger partial charge in [-0.1, -0.05) is 0 Å². The fraction of sp³-hybridized carbons (Fsp3) is 0.462. The highest BCUT2D eigenvalue weighted by molar-refractivity contribution is 7.89. The number of nitrogens with zero attached hydrogens (tertiary/aromatic N) is 1. The molecule has 1 saturated heterocycles. The molecule has 1 heterocycles. The molecule has 1 aromatic carbocycles. The lowest BCUT2D eigenvalue weighted by Crippen LogP contribution is -2.58. The first-order chi connectivity index (χ1) is 9.87. The molecule has 21 heavy (non-hydrogen) atoms. The van der Waals surface area contributed by atoms with Crippen LogP contribution >= 0.6 is 0 Å². The summed E-state index contributed by atoms with van der Waals surface area (Å²) in [5.74, 6) is -0.0447. The van der Waals surface area contributed by atoms with E-state index in [0.29, 0.717) is 17.9 Å². The van der Waals surface area contributed by atoms with Gasteiger partial charge in [0.25, 0.3) is 0 Å². The number of nitrogens with one attached hydrogen (secondary N) is 1. The predicted molar refractivity (Wildman–Crippen MR) is 77.5 cm³/mol. The van der Waals surface area contributed by atoms with Gasteiger partial charge in [-0.3, -0.25) is 4.79 Å². The molecule has 1 aromatic rings. The molecule has 2 rings (SSSR count). The molecule has 0 saturated carbocycles. The Morgan fingerprint density at radius 3 is 2.76 bits per heavy atom. The molecule has 0 radical (unpaired) electrons. The third-order valence-corrected chi connectivity index (χ3v) is 5.40. The van der Waals surface area contributed by atoms with E-state index in [9.17, 15) is 13.2 Å². The maximum absolute atomic E-state index is 12.7. The van der Waals surface area contributed by atoms with Crippen LogP contribution in [0.4, 0.5) is 0 Å². The Morgan fingerprint density at radius 2 is 2.19 bits per heavy atom. The van der Waals surface area contributed by atoms with Crippen molar-refractivity contribution < 1.29 is 17.9 Å².